The van der Waals surface area contributed by atoms with Crippen LogP contribution in [0.15, 0.2) is 54.6 Å². The molecule has 1 aliphatic rings. The Morgan fingerprint density at radius 1 is 1.14 bits per heavy atom. The monoisotopic (exact) mass is 381 g/mol. The third kappa shape index (κ3) is 4.31. The largest absolute Gasteiger partial charge is 0.497 e. The van der Waals surface area contributed by atoms with Gasteiger partial charge in [0.1, 0.15) is 11.8 Å². The van der Waals surface area contributed by atoms with Crippen LogP contribution in [0.1, 0.15) is 31.4 Å². The number of carbonyl (C=O) groups is 3. The maximum absolute atomic E-state index is 12.7. The summed E-state index contributed by atoms with van der Waals surface area (Å²) in [6, 6.07) is 14.8. The molecule has 2 N–H and O–H groups in total. The summed E-state index contributed by atoms with van der Waals surface area (Å²) in [6.07, 6.45) is 0.362. The molecule has 28 heavy (non-hydrogen) atoms. The summed E-state index contributed by atoms with van der Waals surface area (Å²) >= 11 is 0. The van der Waals surface area contributed by atoms with Crippen LogP contribution < -0.4 is 15.4 Å². The van der Waals surface area contributed by atoms with Gasteiger partial charge in [0, 0.05) is 12.1 Å². The fraction of sp³-hybridized carbons (Fsp3) is 0.286. The molecule has 0 aliphatic carbocycles. The van der Waals surface area contributed by atoms with Crippen molar-refractivity contribution in [3.8, 4) is 5.75 Å². The zero-order valence-electron chi connectivity index (χ0n) is 15.8. The Morgan fingerprint density at radius 3 is 2.46 bits per heavy atom. The molecule has 7 heteroatoms. The van der Waals surface area contributed by atoms with Gasteiger partial charge in [-0.3, -0.25) is 14.5 Å². The third-order valence-electron chi connectivity index (χ3n) is 4.76. The molecule has 0 radical (unpaired) electrons. The number of anilines is 1. The Bertz CT molecular complexity index is 852. The molecule has 2 aromatic carbocycles. The molecular weight excluding hydrogens is 358 g/mol. The van der Waals surface area contributed by atoms with E-state index in [2.05, 4.69) is 10.6 Å². The number of nitrogens with one attached hydrogen (secondary N) is 2. The highest BCUT2D eigenvalue weighted by Gasteiger charge is 2.40. The molecule has 1 heterocycles. The minimum atomic E-state index is -0.694. The number of hydrogen-bond acceptors (Lipinski definition) is 4. The van der Waals surface area contributed by atoms with Gasteiger partial charge in [-0.05, 0) is 43.2 Å². The Hall–Kier alpha value is -3.35. The van der Waals surface area contributed by atoms with Crippen LogP contribution in [0.2, 0.25) is 0 Å². The lowest BCUT2D eigenvalue weighted by Gasteiger charge is -2.21. The van der Waals surface area contributed by atoms with E-state index in [1.54, 1.807) is 31.4 Å². The molecule has 2 atom stereocenters. The maximum Gasteiger partial charge on any atom is 0.325 e. The van der Waals surface area contributed by atoms with Crippen LogP contribution in [-0.2, 0) is 9.59 Å². The topological polar surface area (TPSA) is 87.7 Å². The van der Waals surface area contributed by atoms with Crippen molar-refractivity contribution in [2.75, 3.05) is 12.4 Å². The molecule has 0 unspecified atom stereocenters. The van der Waals surface area contributed by atoms with Crippen molar-refractivity contribution in [1.82, 2.24) is 10.2 Å². The number of amides is 4. The number of methoxy groups -OCH3 is 1. The molecular formula is C21H23N3O4. The van der Waals surface area contributed by atoms with Gasteiger partial charge < -0.3 is 15.4 Å². The average Bonchev–Trinajstić information content (AvgIpc) is 3.00. The maximum atomic E-state index is 12.7. The highest BCUT2D eigenvalue weighted by atomic mass is 16.5. The minimum Gasteiger partial charge on any atom is -0.497 e. The zero-order valence-corrected chi connectivity index (χ0v) is 15.8. The van der Waals surface area contributed by atoms with E-state index in [0.29, 0.717) is 11.4 Å². The van der Waals surface area contributed by atoms with Crippen LogP contribution >= 0.6 is 0 Å². The van der Waals surface area contributed by atoms with Crippen molar-refractivity contribution < 1.29 is 19.1 Å². The Balaban J connectivity index is 1.55. The molecule has 7 nitrogen and oxygen atoms in total. The first-order valence-electron chi connectivity index (χ1n) is 9.12. The van der Waals surface area contributed by atoms with Crippen LogP contribution in [0.25, 0.3) is 0 Å². The van der Waals surface area contributed by atoms with Crippen molar-refractivity contribution in [2.24, 2.45) is 0 Å². The third-order valence-corrected chi connectivity index (χ3v) is 4.76. The fourth-order valence-electron chi connectivity index (χ4n) is 3.16. The molecule has 2 aromatic rings. The number of hydrogen-bond donors (Lipinski definition) is 2. The van der Waals surface area contributed by atoms with Crippen LogP contribution in [0.5, 0.6) is 5.75 Å². The molecule has 146 valence electrons. The van der Waals surface area contributed by atoms with E-state index in [9.17, 15) is 14.4 Å². The van der Waals surface area contributed by atoms with E-state index in [1.165, 1.54) is 4.90 Å². The number of ether oxygens (including phenoxy) is 1. The van der Waals surface area contributed by atoms with Crippen molar-refractivity contribution in [1.29, 1.82) is 0 Å². The molecule has 1 saturated heterocycles. The summed E-state index contributed by atoms with van der Waals surface area (Å²) in [6.45, 7) is 1.81. The smallest absolute Gasteiger partial charge is 0.325 e. The first-order valence-corrected chi connectivity index (χ1v) is 9.12. The second-order valence-electron chi connectivity index (χ2n) is 6.61. The number of benzene rings is 2. The zero-order chi connectivity index (χ0) is 20.1. The number of nitrogens with zero attached hydrogens (tertiary/aromatic N) is 1. The fourth-order valence-corrected chi connectivity index (χ4v) is 3.16. The Kier molecular flexibility index (Phi) is 5.93. The van der Waals surface area contributed by atoms with Gasteiger partial charge in [-0.25, -0.2) is 4.79 Å². The number of urea groups is 1. The molecule has 0 bridgehead atoms. The van der Waals surface area contributed by atoms with Gasteiger partial charge in [0.25, 0.3) is 5.91 Å². The van der Waals surface area contributed by atoms with E-state index in [4.69, 9.17) is 4.74 Å². The summed E-state index contributed by atoms with van der Waals surface area (Å²) in [5.74, 6) is 0.172. The first kappa shape index (κ1) is 19.4. The van der Waals surface area contributed by atoms with E-state index in [-0.39, 0.29) is 30.7 Å². The lowest BCUT2D eigenvalue weighted by atomic mass is 10.1. The number of imide groups is 1. The van der Waals surface area contributed by atoms with E-state index in [1.807, 2.05) is 37.3 Å². The van der Waals surface area contributed by atoms with Gasteiger partial charge in [-0.15, -0.1) is 0 Å². The SMILES string of the molecule is COc1ccc(NC(=O)CC[C@@H]2NC(=O)N([C@@H](C)c3ccccc3)C2=O)cc1. The predicted octanol–water partition coefficient (Wildman–Crippen LogP) is 3.10. The average molecular weight is 381 g/mol. The van der Waals surface area contributed by atoms with Crippen molar-refractivity contribution >= 4 is 23.5 Å². The van der Waals surface area contributed by atoms with E-state index >= 15 is 0 Å². The summed E-state index contributed by atoms with van der Waals surface area (Å²) in [4.78, 5) is 38.3. The van der Waals surface area contributed by atoms with Gasteiger partial charge in [-0.2, -0.15) is 0 Å². The highest BCUT2D eigenvalue weighted by molar-refractivity contribution is 6.05. The van der Waals surface area contributed by atoms with Crippen LogP contribution in [0.4, 0.5) is 10.5 Å². The van der Waals surface area contributed by atoms with Gasteiger partial charge in [0.15, 0.2) is 0 Å². The quantitative estimate of drug-likeness (QED) is 0.722. The van der Waals surface area contributed by atoms with Crippen molar-refractivity contribution in [3.05, 3.63) is 60.2 Å². The number of carbonyl (C=O) groups excluding carboxylic acids is 3. The standard InChI is InChI=1S/C21H23N3O4/c1-14(15-6-4-3-5-7-15)24-20(26)18(23-21(24)27)12-13-19(25)22-16-8-10-17(28-2)11-9-16/h3-11,14,18H,12-13H2,1-2H3,(H,22,25)(H,23,27)/t14-,18-/m0/s1. The van der Waals surface area contributed by atoms with Gasteiger partial charge in [-0.1, -0.05) is 30.3 Å². The van der Waals surface area contributed by atoms with Crippen LogP contribution in [0, 0.1) is 0 Å². The second-order valence-corrected chi connectivity index (χ2v) is 6.61. The predicted molar refractivity (Wildman–Crippen MR) is 105 cm³/mol. The normalized spacial score (nSPS) is 17.2. The van der Waals surface area contributed by atoms with Gasteiger partial charge in [0.2, 0.25) is 5.91 Å². The lowest BCUT2D eigenvalue weighted by molar-refractivity contribution is -0.129. The Labute approximate surface area is 163 Å². The van der Waals surface area contributed by atoms with E-state index in [0.717, 1.165) is 5.56 Å². The van der Waals surface area contributed by atoms with Crippen LogP contribution in [-0.4, -0.2) is 35.9 Å². The number of rotatable bonds is 7. The molecule has 0 spiro atoms. The van der Waals surface area contributed by atoms with Crippen LogP contribution in [0.3, 0.4) is 0 Å². The van der Waals surface area contributed by atoms with Crippen molar-refractivity contribution in [2.45, 2.75) is 31.8 Å². The minimum absolute atomic E-state index is 0.121. The molecule has 4 amide bonds. The van der Waals surface area contributed by atoms with Crippen molar-refractivity contribution in [3.63, 3.8) is 0 Å². The van der Waals surface area contributed by atoms with Gasteiger partial charge in [0.05, 0.1) is 13.2 Å². The molecule has 1 aliphatic heterocycles. The summed E-state index contributed by atoms with van der Waals surface area (Å²) in [7, 11) is 1.57. The molecule has 0 aromatic heterocycles. The van der Waals surface area contributed by atoms with Gasteiger partial charge >= 0.3 is 6.03 Å². The second kappa shape index (κ2) is 8.56. The highest BCUT2D eigenvalue weighted by Crippen LogP contribution is 2.25. The summed E-state index contributed by atoms with van der Waals surface area (Å²) < 4.78 is 5.08. The first-order chi connectivity index (χ1) is 13.5. The summed E-state index contributed by atoms with van der Waals surface area (Å²) in [5.41, 5.74) is 1.52. The lowest BCUT2D eigenvalue weighted by Crippen LogP contribution is -2.34. The molecule has 3 rings (SSSR count). The summed E-state index contributed by atoms with van der Waals surface area (Å²) in [5, 5.41) is 5.45. The Morgan fingerprint density at radius 2 is 1.82 bits per heavy atom. The molecule has 0 saturated carbocycles. The van der Waals surface area contributed by atoms with E-state index < -0.39 is 12.1 Å². The molecule has 1 fully saturated rings.